The molecule has 1 aliphatic heterocycles. The van der Waals surface area contributed by atoms with Crippen molar-refractivity contribution in [1.29, 1.82) is 0 Å². The number of fused-ring (bicyclic) bond motifs is 1. The quantitative estimate of drug-likeness (QED) is 0.771. The Labute approximate surface area is 119 Å². The van der Waals surface area contributed by atoms with Crippen molar-refractivity contribution < 1.29 is 4.79 Å². The molecule has 1 aromatic heterocycles. The number of rotatable bonds is 2. The van der Waals surface area contributed by atoms with Gasteiger partial charge in [-0.2, -0.15) is 5.10 Å². The van der Waals surface area contributed by atoms with Crippen LogP contribution in [0, 0.1) is 5.41 Å². The van der Waals surface area contributed by atoms with Crippen LogP contribution in [0.4, 0.5) is 0 Å². The average Bonchev–Trinajstić information content (AvgIpc) is 2.85. The largest absolute Gasteiger partial charge is 0.347 e. The molecule has 0 aromatic carbocycles. The van der Waals surface area contributed by atoms with Crippen molar-refractivity contribution in [1.82, 2.24) is 20.8 Å². The number of aromatic amines is 1. The third-order valence-electron chi connectivity index (χ3n) is 4.83. The van der Waals surface area contributed by atoms with Crippen LogP contribution >= 0.6 is 0 Å². The number of aromatic nitrogens is 2. The summed E-state index contributed by atoms with van der Waals surface area (Å²) >= 11 is 0. The van der Waals surface area contributed by atoms with E-state index in [0.717, 1.165) is 37.2 Å². The van der Waals surface area contributed by atoms with E-state index in [1.165, 1.54) is 19.3 Å². The van der Waals surface area contributed by atoms with Gasteiger partial charge in [0.25, 0.3) is 5.91 Å². The minimum Gasteiger partial charge on any atom is -0.347 e. The smallest absolute Gasteiger partial charge is 0.272 e. The number of nitrogens with one attached hydrogen (secondary N) is 3. The standard InChI is InChI=1S/C15H24N4O/c1-15(2)7-4-3-5-12(15)17-14(20)13-10-9-16-8-6-11(10)18-19-13/h12,16H,3-9H2,1-2H3,(H,17,20)(H,18,19). The fourth-order valence-corrected chi connectivity index (χ4v) is 3.40. The minimum atomic E-state index is -0.0221. The van der Waals surface area contributed by atoms with Gasteiger partial charge in [0.05, 0.1) is 0 Å². The molecule has 1 unspecified atom stereocenters. The summed E-state index contributed by atoms with van der Waals surface area (Å²) in [6, 6.07) is 0.257. The van der Waals surface area contributed by atoms with Gasteiger partial charge in [0, 0.05) is 36.8 Å². The lowest BCUT2D eigenvalue weighted by molar-refractivity contribution is 0.0847. The lowest BCUT2D eigenvalue weighted by atomic mass is 9.73. The fourth-order valence-electron chi connectivity index (χ4n) is 3.40. The Bertz CT molecular complexity index is 506. The molecular weight excluding hydrogens is 252 g/mol. The van der Waals surface area contributed by atoms with Gasteiger partial charge in [0.2, 0.25) is 0 Å². The Morgan fingerprint density at radius 3 is 3.05 bits per heavy atom. The molecule has 5 heteroatoms. The maximum atomic E-state index is 12.5. The first-order valence-corrected chi connectivity index (χ1v) is 7.65. The molecule has 3 N–H and O–H groups in total. The first kappa shape index (κ1) is 13.6. The zero-order valence-electron chi connectivity index (χ0n) is 12.4. The number of amides is 1. The second-order valence-corrected chi connectivity index (χ2v) is 6.72. The van der Waals surface area contributed by atoms with Crippen molar-refractivity contribution in [3.05, 3.63) is 17.0 Å². The van der Waals surface area contributed by atoms with Gasteiger partial charge in [-0.05, 0) is 18.3 Å². The van der Waals surface area contributed by atoms with E-state index >= 15 is 0 Å². The second-order valence-electron chi connectivity index (χ2n) is 6.72. The first-order chi connectivity index (χ1) is 9.58. The van der Waals surface area contributed by atoms with Gasteiger partial charge >= 0.3 is 0 Å². The summed E-state index contributed by atoms with van der Waals surface area (Å²) in [5, 5.41) is 13.8. The summed E-state index contributed by atoms with van der Waals surface area (Å²) in [6.45, 7) is 6.19. The molecule has 3 rings (SSSR count). The summed E-state index contributed by atoms with van der Waals surface area (Å²) in [5.41, 5.74) is 2.91. The van der Waals surface area contributed by atoms with Crippen molar-refractivity contribution in [2.24, 2.45) is 5.41 Å². The Hall–Kier alpha value is -1.36. The van der Waals surface area contributed by atoms with Crippen LogP contribution in [0.15, 0.2) is 0 Å². The van der Waals surface area contributed by atoms with Gasteiger partial charge < -0.3 is 10.6 Å². The molecule has 2 heterocycles. The van der Waals surface area contributed by atoms with Crippen LogP contribution in [0.5, 0.6) is 0 Å². The predicted octanol–water partition coefficient (Wildman–Crippen LogP) is 1.75. The van der Waals surface area contributed by atoms with E-state index < -0.39 is 0 Å². The number of hydrogen-bond acceptors (Lipinski definition) is 3. The van der Waals surface area contributed by atoms with Gasteiger partial charge in [0.1, 0.15) is 0 Å². The summed E-state index contributed by atoms with van der Waals surface area (Å²) < 4.78 is 0. The Balaban J connectivity index is 1.74. The zero-order chi connectivity index (χ0) is 14.2. The van der Waals surface area contributed by atoms with E-state index in [9.17, 15) is 4.79 Å². The van der Waals surface area contributed by atoms with Crippen LogP contribution in [0.1, 0.15) is 61.3 Å². The number of nitrogens with zero attached hydrogens (tertiary/aromatic N) is 1. The van der Waals surface area contributed by atoms with Crippen molar-refractivity contribution >= 4 is 5.91 Å². The molecular formula is C15H24N4O. The van der Waals surface area contributed by atoms with E-state index in [0.29, 0.717) is 5.69 Å². The monoisotopic (exact) mass is 276 g/mol. The van der Waals surface area contributed by atoms with E-state index in [1.807, 2.05) is 0 Å². The summed E-state index contributed by atoms with van der Waals surface area (Å²) in [4.78, 5) is 12.5. The number of hydrogen-bond donors (Lipinski definition) is 3. The maximum Gasteiger partial charge on any atom is 0.272 e. The van der Waals surface area contributed by atoms with E-state index in [1.54, 1.807) is 0 Å². The minimum absolute atomic E-state index is 0.0221. The van der Waals surface area contributed by atoms with Crippen LogP contribution in [0.25, 0.3) is 0 Å². The highest BCUT2D eigenvalue weighted by molar-refractivity contribution is 5.94. The molecule has 1 saturated carbocycles. The highest BCUT2D eigenvalue weighted by Gasteiger charge is 2.34. The third kappa shape index (κ3) is 2.46. The van der Waals surface area contributed by atoms with Crippen LogP contribution in [0.2, 0.25) is 0 Å². The van der Waals surface area contributed by atoms with Crippen LogP contribution < -0.4 is 10.6 Å². The summed E-state index contributed by atoms with van der Waals surface area (Å²) in [7, 11) is 0. The molecule has 0 spiro atoms. The van der Waals surface area contributed by atoms with Crippen molar-refractivity contribution in [3.63, 3.8) is 0 Å². The molecule has 20 heavy (non-hydrogen) atoms. The number of carbonyl (C=O) groups excluding carboxylic acids is 1. The Morgan fingerprint density at radius 1 is 1.40 bits per heavy atom. The van der Waals surface area contributed by atoms with E-state index in [4.69, 9.17) is 0 Å². The van der Waals surface area contributed by atoms with Gasteiger partial charge in [0.15, 0.2) is 5.69 Å². The molecule has 1 fully saturated rings. The molecule has 1 atom stereocenters. The molecule has 110 valence electrons. The summed E-state index contributed by atoms with van der Waals surface area (Å²) in [5.74, 6) is -0.0221. The average molecular weight is 276 g/mol. The molecule has 2 aliphatic rings. The summed E-state index contributed by atoms with van der Waals surface area (Å²) in [6.07, 6.45) is 5.64. The molecule has 0 bridgehead atoms. The second kappa shape index (κ2) is 5.20. The first-order valence-electron chi connectivity index (χ1n) is 7.65. The SMILES string of the molecule is CC1(C)CCCCC1NC(=O)c1n[nH]c2c1CNCC2. The lowest BCUT2D eigenvalue weighted by Crippen LogP contribution is -2.47. The highest BCUT2D eigenvalue weighted by atomic mass is 16.2. The maximum absolute atomic E-state index is 12.5. The number of carbonyl (C=O) groups is 1. The van der Waals surface area contributed by atoms with Gasteiger partial charge in [-0.25, -0.2) is 0 Å². The van der Waals surface area contributed by atoms with Crippen molar-refractivity contribution in [2.45, 2.75) is 58.5 Å². The van der Waals surface area contributed by atoms with E-state index in [2.05, 4.69) is 34.7 Å². The Morgan fingerprint density at radius 2 is 2.25 bits per heavy atom. The molecule has 0 radical (unpaired) electrons. The molecule has 5 nitrogen and oxygen atoms in total. The Kier molecular flexibility index (Phi) is 3.54. The molecule has 1 aliphatic carbocycles. The number of H-pyrrole nitrogens is 1. The topological polar surface area (TPSA) is 69.8 Å². The van der Waals surface area contributed by atoms with Gasteiger partial charge in [-0.3, -0.25) is 9.89 Å². The fraction of sp³-hybridized carbons (Fsp3) is 0.733. The van der Waals surface area contributed by atoms with E-state index in [-0.39, 0.29) is 17.4 Å². The molecule has 1 aromatic rings. The third-order valence-corrected chi connectivity index (χ3v) is 4.83. The van der Waals surface area contributed by atoms with Crippen molar-refractivity contribution in [2.75, 3.05) is 6.54 Å². The molecule has 0 saturated heterocycles. The van der Waals surface area contributed by atoms with Gasteiger partial charge in [-0.15, -0.1) is 0 Å². The van der Waals surface area contributed by atoms with Crippen LogP contribution in [0.3, 0.4) is 0 Å². The predicted molar refractivity (Wildman–Crippen MR) is 77.5 cm³/mol. The lowest BCUT2D eigenvalue weighted by Gasteiger charge is -2.38. The normalized spacial score (nSPS) is 25.0. The van der Waals surface area contributed by atoms with Crippen molar-refractivity contribution in [3.8, 4) is 0 Å². The van der Waals surface area contributed by atoms with Crippen LogP contribution in [-0.2, 0) is 13.0 Å². The van der Waals surface area contributed by atoms with Crippen LogP contribution in [-0.4, -0.2) is 28.7 Å². The highest BCUT2D eigenvalue weighted by Crippen LogP contribution is 2.35. The zero-order valence-corrected chi connectivity index (χ0v) is 12.4. The molecule has 1 amide bonds. The van der Waals surface area contributed by atoms with Gasteiger partial charge in [-0.1, -0.05) is 26.7 Å².